The summed E-state index contributed by atoms with van der Waals surface area (Å²) in [5.41, 5.74) is 5.44. The molecule has 3 N–H and O–H groups in total. The van der Waals surface area contributed by atoms with Gasteiger partial charge < -0.3 is 10.8 Å². The molecule has 0 aliphatic heterocycles. The van der Waals surface area contributed by atoms with Crippen molar-refractivity contribution in [3.8, 4) is 0 Å². The van der Waals surface area contributed by atoms with E-state index in [1.54, 1.807) is 0 Å². The standard InChI is InChI=1S/C15H13F4NO/c16-9-1-2-12(14(19)6-9)13(7-20)15(21)8-3-10(17)5-11(18)4-8/h1-6,13,15,21H,7,20H2. The predicted molar refractivity (Wildman–Crippen MR) is 69.5 cm³/mol. The van der Waals surface area contributed by atoms with Crippen LogP contribution < -0.4 is 5.73 Å². The Hall–Kier alpha value is -1.92. The molecule has 2 rings (SSSR count). The Bertz CT molecular complexity index is 627. The van der Waals surface area contributed by atoms with Gasteiger partial charge in [-0.25, -0.2) is 17.6 Å². The van der Waals surface area contributed by atoms with Gasteiger partial charge in [0, 0.05) is 24.6 Å². The zero-order chi connectivity index (χ0) is 15.6. The van der Waals surface area contributed by atoms with Crippen molar-refractivity contribution in [1.29, 1.82) is 0 Å². The van der Waals surface area contributed by atoms with Gasteiger partial charge in [0.1, 0.15) is 23.3 Å². The van der Waals surface area contributed by atoms with E-state index in [0.717, 1.165) is 24.3 Å². The molecule has 0 saturated carbocycles. The molecule has 21 heavy (non-hydrogen) atoms. The van der Waals surface area contributed by atoms with E-state index in [9.17, 15) is 22.7 Å². The zero-order valence-corrected chi connectivity index (χ0v) is 10.9. The lowest BCUT2D eigenvalue weighted by Crippen LogP contribution is -2.21. The number of benzene rings is 2. The molecule has 112 valence electrons. The highest BCUT2D eigenvalue weighted by molar-refractivity contribution is 5.29. The van der Waals surface area contributed by atoms with Gasteiger partial charge in [0.15, 0.2) is 0 Å². The Balaban J connectivity index is 2.40. The van der Waals surface area contributed by atoms with Crippen LogP contribution in [0.25, 0.3) is 0 Å². The van der Waals surface area contributed by atoms with Crippen LogP contribution in [0, 0.1) is 23.3 Å². The largest absolute Gasteiger partial charge is 0.388 e. The van der Waals surface area contributed by atoms with E-state index in [-0.39, 0.29) is 17.7 Å². The molecule has 2 atom stereocenters. The minimum atomic E-state index is -1.42. The van der Waals surface area contributed by atoms with Crippen molar-refractivity contribution in [3.63, 3.8) is 0 Å². The molecule has 0 heterocycles. The molecular formula is C15H13F4NO. The summed E-state index contributed by atoms with van der Waals surface area (Å²) in [5.74, 6) is -4.31. The van der Waals surface area contributed by atoms with E-state index in [1.807, 2.05) is 0 Å². The number of hydrogen-bond donors (Lipinski definition) is 2. The quantitative estimate of drug-likeness (QED) is 0.853. The number of aliphatic hydroxyl groups is 1. The smallest absolute Gasteiger partial charge is 0.129 e. The number of aliphatic hydroxyl groups excluding tert-OH is 1. The summed E-state index contributed by atoms with van der Waals surface area (Å²) in [6.45, 7) is -0.179. The summed E-state index contributed by atoms with van der Waals surface area (Å²) in [6, 6.07) is 5.39. The van der Waals surface area contributed by atoms with Crippen LogP contribution in [0.4, 0.5) is 17.6 Å². The van der Waals surface area contributed by atoms with Gasteiger partial charge in [-0.3, -0.25) is 0 Å². The van der Waals surface area contributed by atoms with Crippen LogP contribution in [0.3, 0.4) is 0 Å². The van der Waals surface area contributed by atoms with Gasteiger partial charge in [-0.05, 0) is 29.3 Å². The number of halogens is 4. The first kappa shape index (κ1) is 15.5. The first-order chi connectivity index (χ1) is 9.92. The summed E-state index contributed by atoms with van der Waals surface area (Å²) in [4.78, 5) is 0. The predicted octanol–water partition coefficient (Wildman–Crippen LogP) is 3.02. The maximum atomic E-state index is 13.8. The summed E-state index contributed by atoms with van der Waals surface area (Å²) in [6.07, 6.45) is -1.42. The maximum absolute atomic E-state index is 13.8. The Morgan fingerprint density at radius 2 is 1.52 bits per heavy atom. The Morgan fingerprint density at radius 1 is 0.905 bits per heavy atom. The van der Waals surface area contributed by atoms with E-state index in [4.69, 9.17) is 5.73 Å². The maximum Gasteiger partial charge on any atom is 0.129 e. The fourth-order valence-corrected chi connectivity index (χ4v) is 2.21. The molecule has 6 heteroatoms. The van der Waals surface area contributed by atoms with Crippen LogP contribution in [0.2, 0.25) is 0 Å². The van der Waals surface area contributed by atoms with Gasteiger partial charge in [-0.15, -0.1) is 0 Å². The molecule has 0 spiro atoms. The minimum absolute atomic E-state index is 0.0175. The first-order valence-corrected chi connectivity index (χ1v) is 6.21. The average molecular weight is 299 g/mol. The van der Waals surface area contributed by atoms with E-state index in [0.29, 0.717) is 12.1 Å². The minimum Gasteiger partial charge on any atom is -0.388 e. The van der Waals surface area contributed by atoms with E-state index in [1.165, 1.54) is 0 Å². The summed E-state index contributed by atoms with van der Waals surface area (Å²) >= 11 is 0. The number of rotatable bonds is 4. The molecule has 0 aliphatic carbocycles. The molecule has 0 radical (unpaired) electrons. The highest BCUT2D eigenvalue weighted by Gasteiger charge is 2.25. The van der Waals surface area contributed by atoms with Crippen molar-refractivity contribution >= 4 is 0 Å². The topological polar surface area (TPSA) is 46.2 Å². The van der Waals surface area contributed by atoms with Gasteiger partial charge >= 0.3 is 0 Å². The van der Waals surface area contributed by atoms with Gasteiger partial charge in [0.2, 0.25) is 0 Å². The van der Waals surface area contributed by atoms with Crippen molar-refractivity contribution in [2.45, 2.75) is 12.0 Å². The molecule has 2 nitrogen and oxygen atoms in total. The summed E-state index contributed by atoms with van der Waals surface area (Å²) in [7, 11) is 0. The summed E-state index contributed by atoms with van der Waals surface area (Å²) in [5, 5.41) is 10.2. The van der Waals surface area contributed by atoms with Gasteiger partial charge in [-0.1, -0.05) is 6.07 Å². The van der Waals surface area contributed by atoms with E-state index in [2.05, 4.69) is 0 Å². The summed E-state index contributed by atoms with van der Waals surface area (Å²) < 4.78 is 53.0. The highest BCUT2D eigenvalue weighted by atomic mass is 19.1. The molecule has 0 bridgehead atoms. The molecule has 0 fully saturated rings. The molecule has 0 amide bonds. The molecule has 2 aromatic rings. The molecule has 0 saturated heterocycles. The first-order valence-electron chi connectivity index (χ1n) is 6.21. The van der Waals surface area contributed by atoms with Crippen molar-refractivity contribution in [3.05, 3.63) is 70.8 Å². The monoisotopic (exact) mass is 299 g/mol. The second-order valence-corrected chi connectivity index (χ2v) is 4.66. The second-order valence-electron chi connectivity index (χ2n) is 4.66. The van der Waals surface area contributed by atoms with Gasteiger partial charge in [0.05, 0.1) is 6.10 Å². The lowest BCUT2D eigenvalue weighted by molar-refractivity contribution is 0.145. The SMILES string of the molecule is NCC(c1ccc(F)cc1F)C(O)c1cc(F)cc(F)c1. The molecule has 2 unspecified atom stereocenters. The lowest BCUT2D eigenvalue weighted by atomic mass is 9.88. The molecule has 2 aromatic carbocycles. The van der Waals surface area contributed by atoms with Crippen LogP contribution in [0.1, 0.15) is 23.1 Å². The number of hydrogen-bond acceptors (Lipinski definition) is 2. The fourth-order valence-electron chi connectivity index (χ4n) is 2.21. The number of nitrogens with two attached hydrogens (primary N) is 1. The molecular weight excluding hydrogens is 286 g/mol. The Kier molecular flexibility index (Phi) is 4.59. The second kappa shape index (κ2) is 6.24. The van der Waals surface area contributed by atoms with Crippen LogP contribution in [0.15, 0.2) is 36.4 Å². The van der Waals surface area contributed by atoms with E-state index >= 15 is 0 Å². The molecule has 0 aromatic heterocycles. The van der Waals surface area contributed by atoms with Crippen LogP contribution in [-0.2, 0) is 0 Å². The third kappa shape index (κ3) is 3.40. The normalized spacial score (nSPS) is 14.0. The van der Waals surface area contributed by atoms with Crippen molar-refractivity contribution < 1.29 is 22.7 Å². The van der Waals surface area contributed by atoms with Gasteiger partial charge in [-0.2, -0.15) is 0 Å². The third-order valence-corrected chi connectivity index (χ3v) is 3.22. The van der Waals surface area contributed by atoms with E-state index < -0.39 is 35.3 Å². The third-order valence-electron chi connectivity index (χ3n) is 3.22. The average Bonchev–Trinajstić information content (AvgIpc) is 2.40. The van der Waals surface area contributed by atoms with Gasteiger partial charge in [0.25, 0.3) is 0 Å². The lowest BCUT2D eigenvalue weighted by Gasteiger charge is -2.23. The fraction of sp³-hybridized carbons (Fsp3) is 0.200. The van der Waals surface area contributed by atoms with Crippen LogP contribution in [0.5, 0.6) is 0 Å². The molecule has 0 aliphatic rings. The highest BCUT2D eigenvalue weighted by Crippen LogP contribution is 2.32. The van der Waals surface area contributed by atoms with Crippen LogP contribution >= 0.6 is 0 Å². The van der Waals surface area contributed by atoms with Crippen molar-refractivity contribution in [2.24, 2.45) is 5.73 Å². The Labute approximate surface area is 118 Å². The van der Waals surface area contributed by atoms with Crippen LogP contribution in [-0.4, -0.2) is 11.7 Å². The van der Waals surface area contributed by atoms with Crippen molar-refractivity contribution in [2.75, 3.05) is 6.54 Å². The zero-order valence-electron chi connectivity index (χ0n) is 10.9. The Morgan fingerprint density at radius 3 is 2.05 bits per heavy atom. The van der Waals surface area contributed by atoms with Crippen molar-refractivity contribution in [1.82, 2.24) is 0 Å².